The summed E-state index contributed by atoms with van der Waals surface area (Å²) in [5.41, 5.74) is 7.57. The average molecular weight is 522 g/mol. The summed E-state index contributed by atoms with van der Waals surface area (Å²) < 4.78 is 25.5. The first-order chi connectivity index (χ1) is 18.3. The highest BCUT2D eigenvalue weighted by Crippen LogP contribution is 2.37. The molecule has 2 aromatic carbocycles. The van der Waals surface area contributed by atoms with Crippen LogP contribution >= 0.6 is 0 Å². The zero-order valence-electron chi connectivity index (χ0n) is 22.0. The molecule has 1 aliphatic rings. The van der Waals surface area contributed by atoms with Gasteiger partial charge in [0.15, 0.2) is 17.3 Å². The fraction of sp³-hybridized carbons (Fsp3) is 0.407. The Bertz CT molecular complexity index is 1370. The summed E-state index contributed by atoms with van der Waals surface area (Å²) in [5.74, 6) is -0.125. The van der Waals surface area contributed by atoms with Gasteiger partial charge in [0.05, 0.1) is 25.9 Å². The van der Waals surface area contributed by atoms with Gasteiger partial charge in [0, 0.05) is 50.1 Å². The number of nitrogens with two attached hydrogens (primary N) is 1. The second-order valence-electron chi connectivity index (χ2n) is 9.38. The van der Waals surface area contributed by atoms with E-state index in [0.29, 0.717) is 37.1 Å². The number of nitriles is 1. The SMILES string of the molecule is COc1cc2c(N)nc(N3CCN(C(=O)CC(NC(C)C)c4ccccc4C#N)CC3)nc2c(F)c1OC. The van der Waals surface area contributed by atoms with Crippen LogP contribution in [0.25, 0.3) is 10.9 Å². The molecule has 1 aliphatic heterocycles. The van der Waals surface area contributed by atoms with E-state index in [9.17, 15) is 10.1 Å². The van der Waals surface area contributed by atoms with Crippen LogP contribution in [-0.4, -0.2) is 67.2 Å². The summed E-state index contributed by atoms with van der Waals surface area (Å²) in [7, 11) is 2.77. The van der Waals surface area contributed by atoms with Crippen molar-refractivity contribution in [2.45, 2.75) is 32.4 Å². The number of methoxy groups -OCH3 is 2. The first kappa shape index (κ1) is 26.9. The van der Waals surface area contributed by atoms with Gasteiger partial charge in [-0.3, -0.25) is 4.79 Å². The van der Waals surface area contributed by atoms with Crippen LogP contribution in [0.4, 0.5) is 16.2 Å². The van der Waals surface area contributed by atoms with Crippen molar-refractivity contribution in [3.05, 3.63) is 47.3 Å². The molecule has 0 bridgehead atoms. The Hall–Kier alpha value is -4.17. The van der Waals surface area contributed by atoms with Crippen molar-refractivity contribution >= 4 is 28.6 Å². The first-order valence-electron chi connectivity index (χ1n) is 12.4. The van der Waals surface area contributed by atoms with Gasteiger partial charge >= 0.3 is 0 Å². The zero-order valence-corrected chi connectivity index (χ0v) is 22.0. The Labute approximate surface area is 221 Å². The Morgan fingerprint density at radius 3 is 2.53 bits per heavy atom. The molecule has 1 aromatic heterocycles. The second-order valence-corrected chi connectivity index (χ2v) is 9.38. The van der Waals surface area contributed by atoms with Gasteiger partial charge in [-0.15, -0.1) is 0 Å². The third-order valence-electron chi connectivity index (χ3n) is 6.58. The molecule has 4 rings (SSSR count). The lowest BCUT2D eigenvalue weighted by molar-refractivity contribution is -0.132. The largest absolute Gasteiger partial charge is 0.493 e. The number of carbonyl (C=O) groups is 1. The summed E-state index contributed by atoms with van der Waals surface area (Å²) in [6.45, 7) is 5.83. The zero-order chi connectivity index (χ0) is 27.4. The summed E-state index contributed by atoms with van der Waals surface area (Å²) >= 11 is 0. The van der Waals surface area contributed by atoms with Crippen LogP contribution in [0.15, 0.2) is 30.3 Å². The van der Waals surface area contributed by atoms with Gasteiger partial charge < -0.3 is 30.3 Å². The maximum Gasteiger partial charge on any atom is 0.228 e. The van der Waals surface area contributed by atoms with Crippen LogP contribution in [0.3, 0.4) is 0 Å². The van der Waals surface area contributed by atoms with E-state index in [2.05, 4.69) is 21.4 Å². The number of halogens is 1. The van der Waals surface area contributed by atoms with Gasteiger partial charge in [0.25, 0.3) is 0 Å². The third-order valence-corrected chi connectivity index (χ3v) is 6.58. The maximum atomic E-state index is 15.2. The number of benzene rings is 2. The van der Waals surface area contributed by atoms with Gasteiger partial charge in [0.2, 0.25) is 11.9 Å². The number of ether oxygens (including phenoxy) is 2. The molecule has 1 saturated heterocycles. The lowest BCUT2D eigenvalue weighted by Crippen LogP contribution is -2.50. The summed E-state index contributed by atoms with van der Waals surface area (Å²) in [6.07, 6.45) is 0.225. The number of anilines is 2. The minimum absolute atomic E-state index is 0.0163. The molecule has 0 radical (unpaired) electrons. The van der Waals surface area contributed by atoms with Crippen LogP contribution in [0, 0.1) is 17.1 Å². The standard InChI is InChI=1S/C27H32FN7O3/c1-16(2)31-20(18-8-6-5-7-17(18)15-29)14-22(36)34-9-11-35(12-10-34)27-32-24-19(26(30)33-27)13-21(37-3)25(38-4)23(24)28/h5-8,13,16,20,31H,9-12,14H2,1-4H3,(H2,30,32,33). The molecule has 3 N–H and O–H groups in total. The summed E-state index contributed by atoms with van der Waals surface area (Å²) in [6, 6.07) is 11.0. The predicted molar refractivity (Wildman–Crippen MR) is 143 cm³/mol. The smallest absolute Gasteiger partial charge is 0.228 e. The Morgan fingerprint density at radius 1 is 1.18 bits per heavy atom. The normalized spacial score (nSPS) is 14.4. The molecule has 0 saturated carbocycles. The van der Waals surface area contributed by atoms with E-state index in [1.165, 1.54) is 14.2 Å². The molecule has 0 spiro atoms. The molecule has 38 heavy (non-hydrogen) atoms. The highest BCUT2D eigenvalue weighted by molar-refractivity contribution is 5.92. The van der Waals surface area contributed by atoms with Crippen molar-refractivity contribution in [1.29, 1.82) is 5.26 Å². The fourth-order valence-corrected chi connectivity index (χ4v) is 4.70. The van der Waals surface area contributed by atoms with Crippen LogP contribution in [0.5, 0.6) is 11.5 Å². The molecule has 11 heteroatoms. The minimum atomic E-state index is -0.674. The van der Waals surface area contributed by atoms with Crippen molar-refractivity contribution in [2.24, 2.45) is 0 Å². The van der Waals surface area contributed by atoms with Crippen LogP contribution in [0.2, 0.25) is 0 Å². The van der Waals surface area contributed by atoms with Crippen molar-refractivity contribution in [3.8, 4) is 17.6 Å². The highest BCUT2D eigenvalue weighted by atomic mass is 19.1. The lowest BCUT2D eigenvalue weighted by atomic mass is 9.97. The predicted octanol–water partition coefficient (Wildman–Crippen LogP) is 3.02. The number of carbonyl (C=O) groups excluding carboxylic acids is 1. The van der Waals surface area contributed by atoms with Gasteiger partial charge in [-0.25, -0.2) is 9.37 Å². The lowest BCUT2D eigenvalue weighted by Gasteiger charge is -2.36. The summed E-state index contributed by atoms with van der Waals surface area (Å²) in [5, 5.41) is 13.3. The van der Waals surface area contributed by atoms with E-state index in [4.69, 9.17) is 15.2 Å². The molecule has 10 nitrogen and oxygen atoms in total. The maximum absolute atomic E-state index is 15.2. The molecular weight excluding hydrogens is 489 g/mol. The number of hydrogen-bond donors (Lipinski definition) is 2. The van der Waals surface area contributed by atoms with E-state index < -0.39 is 5.82 Å². The monoisotopic (exact) mass is 521 g/mol. The van der Waals surface area contributed by atoms with Crippen molar-refractivity contribution in [2.75, 3.05) is 51.0 Å². The Kier molecular flexibility index (Phi) is 8.12. The number of aromatic nitrogens is 2. The molecule has 0 aliphatic carbocycles. The third kappa shape index (κ3) is 5.40. The van der Waals surface area contributed by atoms with Crippen LogP contribution in [0.1, 0.15) is 37.4 Å². The highest BCUT2D eigenvalue weighted by Gasteiger charge is 2.28. The quantitative estimate of drug-likeness (QED) is 0.459. The number of amides is 1. The molecule has 1 amide bonds. The number of fused-ring (bicyclic) bond motifs is 1. The number of nitrogens with zero attached hydrogens (tertiary/aromatic N) is 5. The van der Waals surface area contributed by atoms with Crippen LogP contribution in [-0.2, 0) is 4.79 Å². The Balaban J connectivity index is 1.49. The van der Waals surface area contributed by atoms with Crippen molar-refractivity contribution in [1.82, 2.24) is 20.2 Å². The molecule has 3 aromatic rings. The van der Waals surface area contributed by atoms with Crippen molar-refractivity contribution < 1.29 is 18.7 Å². The molecule has 1 unspecified atom stereocenters. The van der Waals surface area contributed by atoms with Gasteiger partial charge in [-0.2, -0.15) is 10.2 Å². The average Bonchev–Trinajstić information content (AvgIpc) is 2.92. The van der Waals surface area contributed by atoms with E-state index in [0.717, 1.165) is 5.56 Å². The van der Waals surface area contributed by atoms with E-state index in [-0.39, 0.29) is 53.2 Å². The molecular formula is C27H32FN7O3. The molecule has 200 valence electrons. The molecule has 1 atom stereocenters. The number of nitrogen functional groups attached to an aromatic ring is 1. The molecule has 2 heterocycles. The minimum Gasteiger partial charge on any atom is -0.493 e. The second kappa shape index (κ2) is 11.5. The van der Waals surface area contributed by atoms with E-state index >= 15 is 4.39 Å². The summed E-state index contributed by atoms with van der Waals surface area (Å²) in [4.78, 5) is 25.8. The van der Waals surface area contributed by atoms with Gasteiger partial charge in [0.1, 0.15) is 11.3 Å². The van der Waals surface area contributed by atoms with Gasteiger partial charge in [-0.1, -0.05) is 32.0 Å². The van der Waals surface area contributed by atoms with Gasteiger partial charge in [-0.05, 0) is 17.7 Å². The fourth-order valence-electron chi connectivity index (χ4n) is 4.70. The van der Waals surface area contributed by atoms with Crippen molar-refractivity contribution in [3.63, 3.8) is 0 Å². The number of nitrogens with one attached hydrogen (secondary N) is 1. The van der Waals surface area contributed by atoms with E-state index in [1.54, 1.807) is 17.0 Å². The Morgan fingerprint density at radius 2 is 1.89 bits per heavy atom. The number of hydrogen-bond acceptors (Lipinski definition) is 9. The molecule has 1 fully saturated rings. The van der Waals surface area contributed by atoms with E-state index in [1.807, 2.05) is 36.9 Å². The number of piperazine rings is 1. The first-order valence-corrected chi connectivity index (χ1v) is 12.4. The van der Waals surface area contributed by atoms with Crippen LogP contribution < -0.4 is 25.4 Å². The topological polar surface area (TPSA) is 130 Å². The number of rotatable bonds is 8.